The smallest absolute Gasteiger partial charge is 0.265 e. The van der Waals surface area contributed by atoms with Gasteiger partial charge >= 0.3 is 0 Å². The molecule has 0 atom stereocenters. The maximum atomic E-state index is 13.7. The molecule has 0 aliphatic rings. The van der Waals surface area contributed by atoms with E-state index < -0.39 is 50.5 Å². The molecule has 2 rings (SSSR count). The summed E-state index contributed by atoms with van der Waals surface area (Å²) < 4.78 is 78.9. The topological polar surface area (TPSA) is 66.4 Å². The number of hydrogen-bond donors (Lipinski definition) is 2. The van der Waals surface area contributed by atoms with E-state index in [1.54, 1.807) is 4.72 Å². The molecule has 0 aliphatic heterocycles. The van der Waals surface area contributed by atoms with Crippen LogP contribution in [0.15, 0.2) is 35.2 Å². The van der Waals surface area contributed by atoms with Crippen LogP contribution >= 0.6 is 0 Å². The van der Waals surface area contributed by atoms with Crippen LogP contribution in [0.1, 0.15) is 5.56 Å². The molecule has 2 N–H and O–H groups in total. The summed E-state index contributed by atoms with van der Waals surface area (Å²) in [6.07, 6.45) is 0. The van der Waals surface area contributed by atoms with Crippen molar-refractivity contribution in [1.82, 2.24) is 0 Å². The third kappa shape index (κ3) is 3.04. The van der Waals surface area contributed by atoms with E-state index in [9.17, 15) is 26.0 Å². The standard InChI is InChI=1S/C13H9F4NO3S/c14-8-3-1-2-7(6-19)13(8)18-22(20,21)12-5-10(16)9(15)4-11(12)17/h1-5,18-19H,6H2. The quantitative estimate of drug-likeness (QED) is 0.667. The number of aliphatic hydroxyl groups excluding tert-OH is 1. The largest absolute Gasteiger partial charge is 0.392 e. The van der Waals surface area contributed by atoms with Crippen molar-refractivity contribution in [2.24, 2.45) is 0 Å². The fraction of sp³-hybridized carbons (Fsp3) is 0.0769. The van der Waals surface area contributed by atoms with Crippen molar-refractivity contribution in [2.45, 2.75) is 11.5 Å². The van der Waals surface area contributed by atoms with Gasteiger partial charge in [-0.2, -0.15) is 0 Å². The van der Waals surface area contributed by atoms with Crippen LogP contribution in [0.2, 0.25) is 0 Å². The molecule has 0 saturated heterocycles. The Hall–Kier alpha value is -2.13. The average Bonchev–Trinajstić information content (AvgIpc) is 2.44. The highest BCUT2D eigenvalue weighted by Gasteiger charge is 2.24. The first-order valence-corrected chi connectivity index (χ1v) is 7.30. The molecule has 0 unspecified atom stereocenters. The lowest BCUT2D eigenvalue weighted by Gasteiger charge is -2.13. The van der Waals surface area contributed by atoms with Gasteiger partial charge in [0, 0.05) is 17.7 Å². The molecule has 0 radical (unpaired) electrons. The van der Waals surface area contributed by atoms with Crippen molar-refractivity contribution < 1.29 is 31.1 Å². The maximum absolute atomic E-state index is 13.7. The van der Waals surface area contributed by atoms with E-state index in [0.29, 0.717) is 0 Å². The molecule has 22 heavy (non-hydrogen) atoms. The summed E-state index contributed by atoms with van der Waals surface area (Å²) >= 11 is 0. The molecule has 0 heterocycles. The Morgan fingerprint density at radius 3 is 2.23 bits per heavy atom. The van der Waals surface area contributed by atoms with Crippen LogP contribution < -0.4 is 4.72 Å². The second kappa shape index (κ2) is 5.93. The van der Waals surface area contributed by atoms with Gasteiger partial charge in [-0.05, 0) is 6.07 Å². The van der Waals surface area contributed by atoms with Crippen molar-refractivity contribution in [3.8, 4) is 0 Å². The Balaban J connectivity index is 2.52. The highest BCUT2D eigenvalue weighted by Crippen LogP contribution is 2.25. The molecule has 118 valence electrons. The molecular formula is C13H9F4NO3S. The Kier molecular flexibility index (Phi) is 4.38. The van der Waals surface area contributed by atoms with E-state index in [1.807, 2.05) is 0 Å². The number of benzene rings is 2. The van der Waals surface area contributed by atoms with Crippen LogP contribution in [0, 0.1) is 23.3 Å². The fourth-order valence-electron chi connectivity index (χ4n) is 1.71. The van der Waals surface area contributed by atoms with Crippen molar-refractivity contribution in [3.05, 3.63) is 59.2 Å². The molecule has 0 aromatic heterocycles. The SMILES string of the molecule is O=S(=O)(Nc1c(F)cccc1CO)c1cc(F)c(F)cc1F. The molecule has 2 aromatic rings. The van der Waals surface area contributed by atoms with Gasteiger partial charge in [0.05, 0.1) is 12.3 Å². The summed E-state index contributed by atoms with van der Waals surface area (Å²) in [6.45, 7) is -0.685. The minimum absolute atomic E-state index is 0.0677. The highest BCUT2D eigenvalue weighted by atomic mass is 32.2. The lowest BCUT2D eigenvalue weighted by atomic mass is 10.2. The molecule has 0 saturated carbocycles. The monoisotopic (exact) mass is 335 g/mol. The van der Waals surface area contributed by atoms with Crippen LogP contribution in [-0.4, -0.2) is 13.5 Å². The van der Waals surface area contributed by atoms with E-state index in [-0.39, 0.29) is 17.7 Å². The summed E-state index contributed by atoms with van der Waals surface area (Å²) in [5.74, 6) is -5.68. The van der Waals surface area contributed by atoms with E-state index in [4.69, 9.17) is 5.11 Å². The molecule has 2 aromatic carbocycles. The zero-order chi connectivity index (χ0) is 16.5. The van der Waals surface area contributed by atoms with Gasteiger partial charge in [0.25, 0.3) is 10.0 Å². The fourth-order valence-corrected chi connectivity index (χ4v) is 2.90. The van der Waals surface area contributed by atoms with E-state index in [2.05, 4.69) is 0 Å². The number of nitrogens with one attached hydrogen (secondary N) is 1. The van der Waals surface area contributed by atoms with Crippen molar-refractivity contribution >= 4 is 15.7 Å². The van der Waals surface area contributed by atoms with Crippen LogP contribution in [0.5, 0.6) is 0 Å². The molecule has 4 nitrogen and oxygen atoms in total. The van der Waals surface area contributed by atoms with Crippen LogP contribution in [-0.2, 0) is 16.6 Å². The number of para-hydroxylation sites is 1. The number of sulfonamides is 1. The van der Waals surface area contributed by atoms with Gasteiger partial charge in [0.2, 0.25) is 0 Å². The Morgan fingerprint density at radius 1 is 0.955 bits per heavy atom. The first-order valence-electron chi connectivity index (χ1n) is 5.82. The van der Waals surface area contributed by atoms with Crippen molar-refractivity contribution in [3.63, 3.8) is 0 Å². The molecule has 0 bridgehead atoms. The predicted molar refractivity (Wildman–Crippen MR) is 69.4 cm³/mol. The van der Waals surface area contributed by atoms with Gasteiger partial charge in [-0.15, -0.1) is 0 Å². The van der Waals surface area contributed by atoms with Crippen molar-refractivity contribution in [2.75, 3.05) is 4.72 Å². The molecule has 0 fully saturated rings. The summed E-state index contributed by atoms with van der Waals surface area (Å²) in [6, 6.07) is 3.60. The normalized spacial score (nSPS) is 11.5. The Morgan fingerprint density at radius 2 is 1.59 bits per heavy atom. The van der Waals surface area contributed by atoms with Gasteiger partial charge in [0.1, 0.15) is 16.5 Å². The van der Waals surface area contributed by atoms with Gasteiger partial charge in [-0.1, -0.05) is 12.1 Å². The van der Waals surface area contributed by atoms with E-state index in [1.165, 1.54) is 12.1 Å². The van der Waals surface area contributed by atoms with Gasteiger partial charge in [-0.25, -0.2) is 26.0 Å². The van der Waals surface area contributed by atoms with Crippen LogP contribution in [0.4, 0.5) is 23.2 Å². The van der Waals surface area contributed by atoms with Gasteiger partial charge in [-0.3, -0.25) is 4.72 Å². The lowest BCUT2D eigenvalue weighted by molar-refractivity contribution is 0.282. The van der Waals surface area contributed by atoms with Crippen molar-refractivity contribution in [1.29, 1.82) is 0 Å². The second-order valence-corrected chi connectivity index (χ2v) is 5.89. The first-order chi connectivity index (χ1) is 10.3. The number of rotatable bonds is 4. The minimum atomic E-state index is -4.72. The summed E-state index contributed by atoms with van der Waals surface area (Å²) in [5, 5.41) is 9.06. The predicted octanol–water partition coefficient (Wildman–Crippen LogP) is 2.54. The first kappa shape index (κ1) is 16.2. The zero-order valence-corrected chi connectivity index (χ0v) is 11.6. The van der Waals surface area contributed by atoms with E-state index in [0.717, 1.165) is 6.07 Å². The second-order valence-electron chi connectivity index (χ2n) is 4.23. The Bertz CT molecular complexity index is 824. The zero-order valence-electron chi connectivity index (χ0n) is 10.8. The molecule has 9 heteroatoms. The van der Waals surface area contributed by atoms with Crippen LogP contribution in [0.3, 0.4) is 0 Å². The Labute approximate surface area is 123 Å². The third-order valence-corrected chi connectivity index (χ3v) is 4.14. The molecule has 0 amide bonds. The van der Waals surface area contributed by atoms with Crippen LogP contribution in [0.25, 0.3) is 0 Å². The van der Waals surface area contributed by atoms with Gasteiger partial charge in [0.15, 0.2) is 11.6 Å². The number of anilines is 1. The lowest BCUT2D eigenvalue weighted by Crippen LogP contribution is -2.17. The number of hydrogen-bond acceptors (Lipinski definition) is 3. The number of aliphatic hydroxyl groups is 1. The average molecular weight is 335 g/mol. The summed E-state index contributed by atoms with van der Waals surface area (Å²) in [7, 11) is -4.72. The summed E-state index contributed by atoms with van der Waals surface area (Å²) in [5.41, 5.74) is -0.708. The molecule has 0 spiro atoms. The molecular weight excluding hydrogens is 326 g/mol. The van der Waals surface area contributed by atoms with Gasteiger partial charge < -0.3 is 5.11 Å². The summed E-state index contributed by atoms with van der Waals surface area (Å²) in [4.78, 5) is -1.18. The third-order valence-electron chi connectivity index (χ3n) is 2.77. The molecule has 0 aliphatic carbocycles. The minimum Gasteiger partial charge on any atom is -0.392 e. The van der Waals surface area contributed by atoms with E-state index >= 15 is 0 Å². The highest BCUT2D eigenvalue weighted by molar-refractivity contribution is 7.92. The maximum Gasteiger partial charge on any atom is 0.265 e. The number of halogens is 4.